The number of benzene rings is 2. The normalized spacial score (nSPS) is 11.2. The third-order valence-electron chi connectivity index (χ3n) is 4.30. The van der Waals surface area contributed by atoms with E-state index in [0.717, 1.165) is 38.6 Å². The third-order valence-corrected chi connectivity index (χ3v) is 5.34. The van der Waals surface area contributed by atoms with E-state index in [-0.39, 0.29) is 5.91 Å². The molecule has 0 bridgehead atoms. The summed E-state index contributed by atoms with van der Waals surface area (Å²) in [6.45, 7) is 5.55. The number of carbonyl (C=O) groups is 1. The summed E-state index contributed by atoms with van der Waals surface area (Å²) < 4.78 is 1.12. The molecule has 0 fully saturated rings. The van der Waals surface area contributed by atoms with Crippen LogP contribution in [0.15, 0.2) is 42.5 Å². The number of para-hydroxylation sites is 1. The highest BCUT2D eigenvalue weighted by Crippen LogP contribution is 2.31. The molecule has 0 spiro atoms. The van der Waals surface area contributed by atoms with Gasteiger partial charge in [0.1, 0.15) is 0 Å². The molecule has 0 aliphatic heterocycles. The zero-order valence-electron chi connectivity index (χ0n) is 15.2. The molecule has 0 radical (unpaired) electrons. The van der Waals surface area contributed by atoms with Gasteiger partial charge in [0, 0.05) is 5.56 Å². The lowest BCUT2D eigenvalue weighted by Crippen LogP contribution is -3.06. The average Bonchev–Trinajstić information content (AvgIpc) is 3.00. The smallest absolute Gasteiger partial charge is 0.260 e. The van der Waals surface area contributed by atoms with Crippen LogP contribution in [0.5, 0.6) is 0 Å². The number of hydrogen-bond acceptors (Lipinski definition) is 3. The van der Waals surface area contributed by atoms with Crippen molar-refractivity contribution < 1.29 is 9.69 Å². The molecule has 0 aliphatic carbocycles. The van der Waals surface area contributed by atoms with Crippen LogP contribution in [-0.4, -0.2) is 38.1 Å². The number of likely N-dealkylation sites (N-methyl/N-ethyl adjacent to an activating group) is 1. The number of fused-ring (bicyclic) bond motifs is 1. The van der Waals surface area contributed by atoms with Crippen molar-refractivity contribution in [3.05, 3.63) is 59.2 Å². The van der Waals surface area contributed by atoms with Crippen molar-refractivity contribution in [2.75, 3.05) is 32.1 Å². The van der Waals surface area contributed by atoms with Gasteiger partial charge in [-0.3, -0.25) is 9.69 Å². The lowest BCUT2D eigenvalue weighted by atomic mass is 10.1. The van der Waals surface area contributed by atoms with Gasteiger partial charge in [0.05, 0.1) is 37.4 Å². The van der Waals surface area contributed by atoms with Gasteiger partial charge in [-0.15, -0.1) is 0 Å². The van der Waals surface area contributed by atoms with Crippen molar-refractivity contribution in [1.82, 2.24) is 4.98 Å². The Balaban J connectivity index is 2.03. The fourth-order valence-electron chi connectivity index (χ4n) is 2.77. The number of nitrogens with one attached hydrogen (secondary N) is 1. The van der Waals surface area contributed by atoms with Crippen molar-refractivity contribution in [1.29, 1.82) is 0 Å². The summed E-state index contributed by atoms with van der Waals surface area (Å²) >= 11 is 1.58. The second-order valence-electron chi connectivity index (χ2n) is 6.65. The Kier molecular flexibility index (Phi) is 5.16. The summed E-state index contributed by atoms with van der Waals surface area (Å²) in [5, 5.41) is 0.777. The Labute approximate surface area is 152 Å². The van der Waals surface area contributed by atoms with E-state index in [0.29, 0.717) is 6.54 Å². The van der Waals surface area contributed by atoms with Gasteiger partial charge in [-0.1, -0.05) is 41.7 Å². The van der Waals surface area contributed by atoms with Crippen molar-refractivity contribution >= 4 is 32.6 Å². The van der Waals surface area contributed by atoms with Gasteiger partial charge < -0.3 is 4.90 Å². The molecule has 0 unspecified atom stereocenters. The number of aromatic nitrogens is 1. The highest BCUT2D eigenvalue weighted by molar-refractivity contribution is 7.22. The first-order valence-electron chi connectivity index (χ1n) is 8.50. The molecule has 2 aromatic carbocycles. The predicted molar refractivity (Wildman–Crippen MR) is 105 cm³/mol. The molecule has 5 heteroatoms. The van der Waals surface area contributed by atoms with E-state index in [2.05, 4.69) is 33.2 Å². The first-order chi connectivity index (χ1) is 12.0. The van der Waals surface area contributed by atoms with Crippen LogP contribution in [0.1, 0.15) is 21.5 Å². The quantitative estimate of drug-likeness (QED) is 0.765. The SMILES string of the molecule is Cc1ccccc1C(=O)N(CC[NH+](C)C)c1nc2c(C)cccc2s1. The van der Waals surface area contributed by atoms with Crippen LogP contribution in [-0.2, 0) is 0 Å². The molecule has 0 saturated carbocycles. The monoisotopic (exact) mass is 354 g/mol. The molecule has 1 N–H and O–H groups in total. The minimum absolute atomic E-state index is 0.0241. The van der Waals surface area contributed by atoms with Crippen LogP contribution >= 0.6 is 11.3 Å². The van der Waals surface area contributed by atoms with Gasteiger partial charge in [-0.05, 0) is 37.1 Å². The number of rotatable bonds is 5. The Bertz CT molecular complexity index is 901. The largest absolute Gasteiger partial charge is 0.338 e. The standard InChI is InChI=1S/C20H23N3OS/c1-14-8-5-6-10-16(14)19(24)23(13-12-22(3)4)20-21-18-15(2)9-7-11-17(18)25-20/h5-11H,12-13H2,1-4H3/p+1. The van der Waals surface area contributed by atoms with Crippen LogP contribution in [0, 0.1) is 13.8 Å². The van der Waals surface area contributed by atoms with Crippen molar-refractivity contribution in [3.63, 3.8) is 0 Å². The minimum Gasteiger partial charge on any atom is -0.338 e. The summed E-state index contributed by atoms with van der Waals surface area (Å²) in [6.07, 6.45) is 0. The topological polar surface area (TPSA) is 37.6 Å². The maximum atomic E-state index is 13.2. The van der Waals surface area contributed by atoms with Gasteiger partial charge in [-0.25, -0.2) is 4.98 Å². The van der Waals surface area contributed by atoms with E-state index in [4.69, 9.17) is 4.98 Å². The molecule has 0 aliphatic rings. The minimum atomic E-state index is 0.0241. The summed E-state index contributed by atoms with van der Waals surface area (Å²) in [4.78, 5) is 21.1. The van der Waals surface area contributed by atoms with E-state index >= 15 is 0 Å². The van der Waals surface area contributed by atoms with Crippen molar-refractivity contribution in [2.45, 2.75) is 13.8 Å². The number of hydrogen-bond donors (Lipinski definition) is 1. The molecule has 1 heterocycles. The maximum absolute atomic E-state index is 13.2. The second-order valence-corrected chi connectivity index (χ2v) is 7.66. The number of carbonyl (C=O) groups excluding carboxylic acids is 1. The van der Waals surface area contributed by atoms with Gasteiger partial charge in [-0.2, -0.15) is 0 Å². The molecular weight excluding hydrogens is 330 g/mol. The van der Waals surface area contributed by atoms with Gasteiger partial charge in [0.15, 0.2) is 5.13 Å². The summed E-state index contributed by atoms with van der Waals surface area (Å²) in [5.74, 6) is 0.0241. The lowest BCUT2D eigenvalue weighted by Gasteiger charge is -2.21. The second kappa shape index (κ2) is 7.33. The van der Waals surface area contributed by atoms with Crippen LogP contribution in [0.4, 0.5) is 5.13 Å². The molecule has 1 aromatic heterocycles. The fraction of sp³-hybridized carbons (Fsp3) is 0.300. The Morgan fingerprint density at radius 2 is 1.80 bits per heavy atom. The molecule has 3 rings (SSSR count). The molecule has 3 aromatic rings. The van der Waals surface area contributed by atoms with Gasteiger partial charge in [0.2, 0.25) is 0 Å². The Morgan fingerprint density at radius 1 is 1.08 bits per heavy atom. The van der Waals surface area contributed by atoms with E-state index in [1.807, 2.05) is 42.2 Å². The molecule has 130 valence electrons. The van der Waals surface area contributed by atoms with E-state index in [9.17, 15) is 4.79 Å². The molecule has 25 heavy (non-hydrogen) atoms. The van der Waals surface area contributed by atoms with Crippen LogP contribution < -0.4 is 9.80 Å². The van der Waals surface area contributed by atoms with E-state index in [1.165, 1.54) is 4.90 Å². The van der Waals surface area contributed by atoms with Gasteiger partial charge >= 0.3 is 0 Å². The maximum Gasteiger partial charge on any atom is 0.260 e. The van der Waals surface area contributed by atoms with E-state index < -0.39 is 0 Å². The van der Waals surface area contributed by atoms with Crippen LogP contribution in [0.25, 0.3) is 10.2 Å². The molecule has 0 saturated heterocycles. The predicted octanol–water partition coefficient (Wildman–Crippen LogP) is 2.70. The van der Waals surface area contributed by atoms with Crippen LogP contribution in [0.2, 0.25) is 0 Å². The number of nitrogens with zero attached hydrogens (tertiary/aromatic N) is 2. The first kappa shape index (κ1) is 17.6. The third kappa shape index (κ3) is 3.72. The van der Waals surface area contributed by atoms with Gasteiger partial charge in [0.25, 0.3) is 5.91 Å². The number of aryl methyl sites for hydroxylation is 2. The summed E-state index contributed by atoms with van der Waals surface area (Å²) in [6, 6.07) is 13.9. The van der Waals surface area contributed by atoms with Crippen molar-refractivity contribution in [3.8, 4) is 0 Å². The number of anilines is 1. The Morgan fingerprint density at radius 3 is 2.48 bits per heavy atom. The average molecular weight is 354 g/mol. The van der Waals surface area contributed by atoms with Crippen molar-refractivity contribution in [2.24, 2.45) is 0 Å². The first-order valence-corrected chi connectivity index (χ1v) is 9.31. The van der Waals surface area contributed by atoms with Crippen LogP contribution in [0.3, 0.4) is 0 Å². The molecular formula is C20H24N3OS+. The summed E-state index contributed by atoms with van der Waals surface area (Å²) in [5.41, 5.74) is 3.86. The zero-order chi connectivity index (χ0) is 18.0. The highest BCUT2D eigenvalue weighted by atomic mass is 32.1. The fourth-order valence-corrected chi connectivity index (χ4v) is 3.84. The lowest BCUT2D eigenvalue weighted by molar-refractivity contribution is -0.856. The number of quaternary nitrogens is 1. The number of thiazole rings is 1. The molecule has 0 atom stereocenters. The Hall–Kier alpha value is -2.24. The molecule has 1 amide bonds. The molecule has 4 nitrogen and oxygen atoms in total. The zero-order valence-corrected chi connectivity index (χ0v) is 16.0. The highest BCUT2D eigenvalue weighted by Gasteiger charge is 2.23. The number of amides is 1. The van der Waals surface area contributed by atoms with E-state index in [1.54, 1.807) is 11.3 Å². The summed E-state index contributed by atoms with van der Waals surface area (Å²) in [7, 11) is 4.19.